The minimum Gasteiger partial charge on any atom is -0.493 e. The van der Waals surface area contributed by atoms with Gasteiger partial charge in [-0.3, -0.25) is 0 Å². The van der Waals surface area contributed by atoms with Gasteiger partial charge in [0.1, 0.15) is 0 Å². The number of ether oxygens (including phenoxy) is 2. The summed E-state index contributed by atoms with van der Waals surface area (Å²) in [6.07, 6.45) is 4.42. The molecule has 0 amide bonds. The largest absolute Gasteiger partial charge is 0.493 e. The van der Waals surface area contributed by atoms with E-state index in [0.29, 0.717) is 0 Å². The molecule has 0 aliphatic carbocycles. The van der Waals surface area contributed by atoms with E-state index in [9.17, 15) is 0 Å². The molecule has 0 aliphatic heterocycles. The Morgan fingerprint density at radius 2 is 1.89 bits per heavy atom. The van der Waals surface area contributed by atoms with E-state index in [4.69, 9.17) is 9.47 Å². The van der Waals surface area contributed by atoms with Crippen molar-refractivity contribution >= 4 is 6.08 Å². The van der Waals surface area contributed by atoms with Gasteiger partial charge in [0.2, 0.25) is 0 Å². The Kier molecular flexibility index (Phi) is 7.04. The smallest absolute Gasteiger partial charge is 0.161 e. The lowest BCUT2D eigenvalue weighted by atomic mass is 10.1. The van der Waals surface area contributed by atoms with E-state index in [1.54, 1.807) is 14.2 Å². The van der Waals surface area contributed by atoms with Crippen LogP contribution < -0.4 is 14.8 Å². The lowest BCUT2D eigenvalue weighted by Gasteiger charge is -2.10. The van der Waals surface area contributed by atoms with E-state index in [1.807, 2.05) is 12.1 Å². The van der Waals surface area contributed by atoms with Gasteiger partial charge in [-0.25, -0.2) is 0 Å². The van der Waals surface area contributed by atoms with Crippen LogP contribution in [-0.4, -0.2) is 27.3 Å². The molecular formula is C16H25NO2. The van der Waals surface area contributed by atoms with E-state index in [2.05, 4.69) is 31.3 Å². The van der Waals surface area contributed by atoms with Crippen molar-refractivity contribution in [3.8, 4) is 11.5 Å². The van der Waals surface area contributed by atoms with Gasteiger partial charge in [0.25, 0.3) is 0 Å². The van der Waals surface area contributed by atoms with Gasteiger partial charge in [-0.05, 0) is 37.1 Å². The second-order valence-corrected chi connectivity index (χ2v) is 4.45. The molecule has 1 aromatic rings. The quantitative estimate of drug-likeness (QED) is 0.728. The zero-order valence-corrected chi connectivity index (χ0v) is 12.5. The van der Waals surface area contributed by atoms with Crippen molar-refractivity contribution in [1.29, 1.82) is 0 Å². The zero-order valence-electron chi connectivity index (χ0n) is 12.5. The molecule has 0 aliphatic rings. The molecule has 0 heterocycles. The molecule has 0 bridgehead atoms. The topological polar surface area (TPSA) is 30.5 Å². The summed E-state index contributed by atoms with van der Waals surface area (Å²) in [7, 11) is 3.31. The second-order valence-electron chi connectivity index (χ2n) is 4.45. The third-order valence-electron chi connectivity index (χ3n) is 3.01. The van der Waals surface area contributed by atoms with Crippen LogP contribution in [0.1, 0.15) is 32.3 Å². The first-order valence-electron chi connectivity index (χ1n) is 6.87. The lowest BCUT2D eigenvalue weighted by Crippen LogP contribution is -2.17. The molecule has 0 saturated carbocycles. The molecule has 0 saturated heterocycles. The lowest BCUT2D eigenvalue weighted by molar-refractivity contribution is 0.355. The Labute approximate surface area is 116 Å². The molecular weight excluding hydrogens is 238 g/mol. The average Bonchev–Trinajstić information content (AvgIpc) is 2.46. The second kappa shape index (κ2) is 8.59. The monoisotopic (exact) mass is 263 g/mol. The molecule has 0 radical (unpaired) electrons. The van der Waals surface area contributed by atoms with Crippen molar-refractivity contribution in [2.24, 2.45) is 0 Å². The van der Waals surface area contributed by atoms with Crippen molar-refractivity contribution in [1.82, 2.24) is 5.32 Å². The Balaban J connectivity index is 2.82. The number of rotatable bonds is 8. The van der Waals surface area contributed by atoms with Crippen molar-refractivity contribution in [2.75, 3.05) is 27.3 Å². The number of benzene rings is 1. The summed E-state index contributed by atoms with van der Waals surface area (Å²) in [6, 6.07) is 6.00. The molecule has 1 N–H and O–H groups in total. The van der Waals surface area contributed by atoms with Crippen molar-refractivity contribution in [3.63, 3.8) is 0 Å². The molecule has 106 valence electrons. The van der Waals surface area contributed by atoms with Gasteiger partial charge in [0, 0.05) is 6.54 Å². The number of hydrogen-bond acceptors (Lipinski definition) is 3. The molecule has 3 heteroatoms. The zero-order chi connectivity index (χ0) is 14.1. The summed E-state index contributed by atoms with van der Waals surface area (Å²) < 4.78 is 10.6. The van der Waals surface area contributed by atoms with Crippen molar-refractivity contribution in [3.05, 3.63) is 29.3 Å². The van der Waals surface area contributed by atoms with E-state index in [-0.39, 0.29) is 0 Å². The highest BCUT2D eigenvalue weighted by Crippen LogP contribution is 2.28. The molecule has 1 rings (SSSR count). The standard InChI is InChI=1S/C16H25NO2/c1-5-9-17-12-13(6-2)10-14-7-8-15(18-3)16(11-14)19-4/h7-8,10-11,17H,5-6,9,12H2,1-4H3. The van der Waals surface area contributed by atoms with E-state index in [1.165, 1.54) is 5.57 Å². The van der Waals surface area contributed by atoms with Crippen LogP contribution in [0.2, 0.25) is 0 Å². The fourth-order valence-electron chi connectivity index (χ4n) is 1.88. The predicted molar refractivity (Wildman–Crippen MR) is 81.0 cm³/mol. The van der Waals surface area contributed by atoms with Crippen LogP contribution in [-0.2, 0) is 0 Å². The van der Waals surface area contributed by atoms with Gasteiger partial charge in [0.05, 0.1) is 14.2 Å². The van der Waals surface area contributed by atoms with Crippen molar-refractivity contribution < 1.29 is 9.47 Å². The maximum Gasteiger partial charge on any atom is 0.161 e. The van der Waals surface area contributed by atoms with Gasteiger partial charge in [-0.1, -0.05) is 31.6 Å². The van der Waals surface area contributed by atoms with Crippen LogP contribution in [0.3, 0.4) is 0 Å². The van der Waals surface area contributed by atoms with Crippen LogP contribution >= 0.6 is 0 Å². The number of hydrogen-bond donors (Lipinski definition) is 1. The third kappa shape index (κ3) is 4.95. The minimum absolute atomic E-state index is 0.766. The van der Waals surface area contributed by atoms with Gasteiger partial charge in [0.15, 0.2) is 11.5 Å². The first-order chi connectivity index (χ1) is 9.24. The number of nitrogens with one attached hydrogen (secondary N) is 1. The van der Waals surface area contributed by atoms with Crippen LogP contribution in [0.25, 0.3) is 6.08 Å². The molecule has 0 spiro atoms. The summed E-state index contributed by atoms with van der Waals surface area (Å²) in [4.78, 5) is 0. The van der Waals surface area contributed by atoms with Crippen LogP contribution in [0, 0.1) is 0 Å². The highest BCUT2D eigenvalue weighted by atomic mass is 16.5. The van der Waals surface area contributed by atoms with Gasteiger partial charge in [-0.15, -0.1) is 0 Å². The van der Waals surface area contributed by atoms with E-state index >= 15 is 0 Å². The maximum absolute atomic E-state index is 5.32. The summed E-state index contributed by atoms with van der Waals surface area (Å²) in [6.45, 7) is 6.36. The van der Waals surface area contributed by atoms with Crippen molar-refractivity contribution in [2.45, 2.75) is 26.7 Å². The molecule has 3 nitrogen and oxygen atoms in total. The van der Waals surface area contributed by atoms with E-state index in [0.717, 1.165) is 43.0 Å². The first kappa shape index (κ1) is 15.6. The van der Waals surface area contributed by atoms with Gasteiger partial charge >= 0.3 is 0 Å². The Morgan fingerprint density at radius 1 is 1.16 bits per heavy atom. The first-order valence-corrected chi connectivity index (χ1v) is 6.87. The van der Waals surface area contributed by atoms with Crippen LogP contribution in [0.4, 0.5) is 0 Å². The van der Waals surface area contributed by atoms with Crippen LogP contribution in [0.5, 0.6) is 11.5 Å². The summed E-state index contributed by atoms with van der Waals surface area (Å²) in [5.41, 5.74) is 2.54. The normalized spacial score (nSPS) is 11.5. The summed E-state index contributed by atoms with van der Waals surface area (Å²) >= 11 is 0. The molecule has 0 unspecified atom stereocenters. The predicted octanol–water partition coefficient (Wildman–Crippen LogP) is 3.50. The minimum atomic E-state index is 0.766. The van der Waals surface area contributed by atoms with Crippen LogP contribution in [0.15, 0.2) is 23.8 Å². The van der Waals surface area contributed by atoms with Gasteiger partial charge in [-0.2, -0.15) is 0 Å². The van der Waals surface area contributed by atoms with E-state index < -0.39 is 0 Å². The SMILES string of the molecule is CCCNCC(=Cc1ccc(OC)c(OC)c1)CC. The molecule has 1 aromatic carbocycles. The molecule has 19 heavy (non-hydrogen) atoms. The fourth-order valence-corrected chi connectivity index (χ4v) is 1.88. The molecule has 0 atom stereocenters. The highest BCUT2D eigenvalue weighted by Gasteiger charge is 2.03. The summed E-state index contributed by atoms with van der Waals surface area (Å²) in [5, 5.41) is 3.43. The highest BCUT2D eigenvalue weighted by molar-refractivity contribution is 5.58. The maximum atomic E-state index is 5.32. The average molecular weight is 263 g/mol. The summed E-state index contributed by atoms with van der Waals surface area (Å²) in [5.74, 6) is 1.54. The third-order valence-corrected chi connectivity index (χ3v) is 3.01. The fraction of sp³-hybridized carbons (Fsp3) is 0.500. The molecule has 0 fully saturated rings. The number of methoxy groups -OCH3 is 2. The van der Waals surface area contributed by atoms with Gasteiger partial charge < -0.3 is 14.8 Å². The Morgan fingerprint density at radius 3 is 2.47 bits per heavy atom. The Hall–Kier alpha value is -1.48. The Bertz CT molecular complexity index is 413. The molecule has 0 aromatic heterocycles.